The molecule has 0 saturated heterocycles. The van der Waals surface area contributed by atoms with Crippen LogP contribution < -0.4 is 16.0 Å². The third-order valence-electron chi connectivity index (χ3n) is 6.46. The quantitative estimate of drug-likeness (QED) is 0.145. The Kier molecular flexibility index (Phi) is 12.2. The van der Waals surface area contributed by atoms with Crippen LogP contribution in [0.5, 0.6) is 0 Å². The van der Waals surface area contributed by atoms with Gasteiger partial charge in [-0.2, -0.15) is 0 Å². The highest BCUT2D eigenvalue weighted by molar-refractivity contribution is 8.00. The number of urea groups is 1. The van der Waals surface area contributed by atoms with Gasteiger partial charge in [0.05, 0.1) is 11.3 Å². The van der Waals surface area contributed by atoms with Crippen LogP contribution in [0.3, 0.4) is 0 Å². The average Bonchev–Trinajstić information content (AvgIpc) is 2.98. The number of alkyl carbamates (subject to hydrolysis) is 1. The maximum Gasteiger partial charge on any atom is 0.408 e. The molecule has 0 aliphatic carbocycles. The lowest BCUT2D eigenvalue weighted by Gasteiger charge is -2.36. The predicted molar refractivity (Wildman–Crippen MR) is 179 cm³/mol. The van der Waals surface area contributed by atoms with Crippen LogP contribution in [0.25, 0.3) is 0 Å². The number of hydrogen-bond acceptors (Lipinski definition) is 7. The molecule has 0 spiro atoms. The van der Waals surface area contributed by atoms with Gasteiger partial charge < -0.3 is 30.5 Å². The molecule has 3 amide bonds. The van der Waals surface area contributed by atoms with Gasteiger partial charge in [0.1, 0.15) is 23.3 Å². The number of carbonyl (C=O) groups is 4. The van der Waals surface area contributed by atoms with E-state index in [1.807, 2.05) is 91.0 Å². The summed E-state index contributed by atoms with van der Waals surface area (Å²) < 4.78 is 9.87. The van der Waals surface area contributed by atoms with Crippen molar-refractivity contribution in [2.75, 3.05) is 12.3 Å². The summed E-state index contributed by atoms with van der Waals surface area (Å²) in [6, 6.07) is 25.9. The Morgan fingerprint density at radius 3 is 1.50 bits per heavy atom. The molecule has 0 fully saturated rings. The molecule has 3 aromatic carbocycles. The van der Waals surface area contributed by atoms with E-state index in [2.05, 4.69) is 16.0 Å². The summed E-state index contributed by atoms with van der Waals surface area (Å²) in [6.07, 6.45) is -0.871. The normalized spacial score (nSPS) is 13.1. The zero-order valence-corrected chi connectivity index (χ0v) is 27.9. The fourth-order valence-electron chi connectivity index (χ4n) is 4.57. The van der Waals surface area contributed by atoms with E-state index in [-0.39, 0.29) is 12.3 Å². The molecule has 246 valence electrons. The number of rotatable bonds is 12. The van der Waals surface area contributed by atoms with Crippen molar-refractivity contribution in [3.05, 3.63) is 108 Å². The van der Waals surface area contributed by atoms with E-state index in [0.29, 0.717) is 0 Å². The largest absolute Gasteiger partial charge is 0.480 e. The average molecular weight is 650 g/mol. The van der Waals surface area contributed by atoms with E-state index < -0.39 is 52.1 Å². The highest BCUT2D eigenvalue weighted by atomic mass is 32.2. The van der Waals surface area contributed by atoms with Crippen LogP contribution in [0.15, 0.2) is 91.0 Å². The summed E-state index contributed by atoms with van der Waals surface area (Å²) in [5.74, 6) is -2.03. The van der Waals surface area contributed by atoms with E-state index >= 15 is 0 Å². The summed E-state index contributed by atoms with van der Waals surface area (Å²) in [6.45, 7) is 9.66. The van der Waals surface area contributed by atoms with Crippen LogP contribution >= 0.6 is 11.8 Å². The number of hydrogen-bond donors (Lipinski definition) is 4. The number of nitrogens with one attached hydrogen (secondary N) is 3. The Bertz CT molecular complexity index is 1360. The number of carboxylic acid groups (broad SMARTS) is 1. The Balaban J connectivity index is 1.82. The molecular weight excluding hydrogens is 606 g/mol. The van der Waals surface area contributed by atoms with Crippen LogP contribution in [0.4, 0.5) is 9.59 Å². The zero-order valence-electron chi connectivity index (χ0n) is 27.0. The van der Waals surface area contributed by atoms with Crippen molar-refractivity contribution in [2.24, 2.45) is 0 Å². The molecule has 0 aliphatic heterocycles. The first-order valence-electron chi connectivity index (χ1n) is 14.9. The van der Waals surface area contributed by atoms with Crippen LogP contribution in [-0.4, -0.2) is 64.8 Å². The molecule has 3 rings (SSSR count). The molecule has 0 radical (unpaired) electrons. The van der Waals surface area contributed by atoms with Gasteiger partial charge in [0.25, 0.3) is 0 Å². The smallest absolute Gasteiger partial charge is 0.408 e. The third-order valence-corrected chi connectivity index (χ3v) is 8.10. The van der Waals surface area contributed by atoms with Crippen molar-refractivity contribution in [1.29, 1.82) is 0 Å². The van der Waals surface area contributed by atoms with Crippen molar-refractivity contribution in [1.82, 2.24) is 16.0 Å². The van der Waals surface area contributed by atoms with Gasteiger partial charge in [-0.3, -0.25) is 0 Å². The molecular formula is C35H43N3O7S. The first-order valence-corrected chi connectivity index (χ1v) is 15.9. The molecule has 0 bridgehead atoms. The SMILES string of the molecule is CC(C)(C)OC(=O)N[C@@H](CNC(=O)N[C@@H](CSC(c1ccccc1)(c1ccccc1)c1ccccc1)C(=O)O)C(=O)OC(C)(C)C. The zero-order chi connectivity index (χ0) is 34.0. The molecule has 3 aromatic rings. The van der Waals surface area contributed by atoms with Crippen molar-refractivity contribution in [3.63, 3.8) is 0 Å². The lowest BCUT2D eigenvalue weighted by molar-refractivity contribution is -0.157. The summed E-state index contributed by atoms with van der Waals surface area (Å²) in [4.78, 5) is 50.8. The number of ether oxygens (including phenoxy) is 2. The summed E-state index contributed by atoms with van der Waals surface area (Å²) in [5, 5.41) is 17.6. The summed E-state index contributed by atoms with van der Waals surface area (Å²) >= 11 is 1.39. The van der Waals surface area contributed by atoms with Gasteiger partial charge in [-0.25, -0.2) is 19.2 Å². The van der Waals surface area contributed by atoms with Gasteiger partial charge in [0.15, 0.2) is 0 Å². The fraction of sp³-hybridized carbons (Fsp3) is 0.371. The molecule has 4 N–H and O–H groups in total. The molecule has 0 heterocycles. The van der Waals surface area contributed by atoms with Crippen LogP contribution in [0.1, 0.15) is 58.2 Å². The summed E-state index contributed by atoms with van der Waals surface area (Å²) in [7, 11) is 0. The van der Waals surface area contributed by atoms with Crippen molar-refractivity contribution >= 4 is 35.8 Å². The van der Waals surface area contributed by atoms with Crippen LogP contribution in [-0.2, 0) is 23.8 Å². The Hall–Kier alpha value is -4.51. The van der Waals surface area contributed by atoms with Gasteiger partial charge in [0.2, 0.25) is 0 Å². The van der Waals surface area contributed by atoms with E-state index in [1.54, 1.807) is 41.5 Å². The standard InChI is InChI=1S/C35H43N3O7S/c1-33(2,3)44-30(41)27(38-32(43)45-34(4,5)6)22-36-31(42)37-28(29(39)40)23-46-35(24-16-10-7-11-17-24,25-18-12-8-13-19-25)26-20-14-9-15-21-26/h7-21,27-28H,22-23H2,1-6H3,(H,38,43)(H,39,40)(H2,36,37,42)/t27-,28-/m0/s1. The number of carbonyl (C=O) groups excluding carboxylic acids is 3. The molecule has 10 nitrogen and oxygen atoms in total. The van der Waals surface area contributed by atoms with Crippen molar-refractivity contribution in [2.45, 2.75) is 69.6 Å². The second-order valence-electron chi connectivity index (χ2n) is 12.6. The first-order chi connectivity index (χ1) is 21.6. The van der Waals surface area contributed by atoms with E-state index in [9.17, 15) is 24.3 Å². The number of amides is 3. The van der Waals surface area contributed by atoms with E-state index in [4.69, 9.17) is 9.47 Å². The molecule has 11 heteroatoms. The monoisotopic (exact) mass is 649 g/mol. The molecule has 2 atom stereocenters. The summed E-state index contributed by atoms with van der Waals surface area (Å²) in [5.41, 5.74) is 1.15. The van der Waals surface area contributed by atoms with Gasteiger partial charge in [-0.1, -0.05) is 91.0 Å². The van der Waals surface area contributed by atoms with Gasteiger partial charge >= 0.3 is 24.1 Å². The number of aliphatic carboxylic acids is 1. The Morgan fingerprint density at radius 2 is 1.11 bits per heavy atom. The molecule has 0 saturated carbocycles. The number of carboxylic acids is 1. The first kappa shape index (κ1) is 36.0. The molecule has 0 unspecified atom stereocenters. The number of thioether (sulfide) groups is 1. The third kappa shape index (κ3) is 10.5. The highest BCUT2D eigenvalue weighted by Gasteiger charge is 2.39. The van der Waals surface area contributed by atoms with E-state index in [1.165, 1.54) is 11.8 Å². The van der Waals surface area contributed by atoms with Crippen LogP contribution in [0.2, 0.25) is 0 Å². The Morgan fingerprint density at radius 1 is 0.674 bits per heavy atom. The lowest BCUT2D eigenvalue weighted by Crippen LogP contribution is -2.54. The van der Waals surface area contributed by atoms with Gasteiger partial charge in [0, 0.05) is 5.75 Å². The second-order valence-corrected chi connectivity index (χ2v) is 13.8. The van der Waals surface area contributed by atoms with Crippen molar-refractivity contribution in [3.8, 4) is 0 Å². The topological polar surface area (TPSA) is 143 Å². The van der Waals surface area contributed by atoms with Gasteiger partial charge in [-0.15, -0.1) is 11.8 Å². The number of esters is 1. The minimum atomic E-state index is -1.31. The Labute approximate surface area is 274 Å². The maximum absolute atomic E-state index is 13.0. The van der Waals surface area contributed by atoms with Crippen LogP contribution in [0, 0.1) is 0 Å². The minimum Gasteiger partial charge on any atom is -0.480 e. The number of benzene rings is 3. The van der Waals surface area contributed by atoms with Crippen molar-refractivity contribution < 1.29 is 33.8 Å². The predicted octanol–water partition coefficient (Wildman–Crippen LogP) is 5.70. The minimum absolute atomic E-state index is 0.00686. The molecule has 0 aliphatic rings. The fourth-order valence-corrected chi connectivity index (χ4v) is 6.12. The highest BCUT2D eigenvalue weighted by Crippen LogP contribution is 2.48. The molecule has 46 heavy (non-hydrogen) atoms. The van der Waals surface area contributed by atoms with Gasteiger partial charge in [-0.05, 0) is 58.2 Å². The molecule has 0 aromatic heterocycles. The maximum atomic E-state index is 13.0. The second kappa shape index (κ2) is 15.7. The lowest BCUT2D eigenvalue weighted by atomic mass is 9.84. The van der Waals surface area contributed by atoms with E-state index in [0.717, 1.165) is 16.7 Å².